The second-order valence-corrected chi connectivity index (χ2v) is 5.77. The minimum Gasteiger partial charge on any atom is -0.379 e. The van der Waals surface area contributed by atoms with E-state index >= 15 is 0 Å². The number of aryl methyl sites for hydroxylation is 1. The van der Waals surface area contributed by atoms with Gasteiger partial charge in [0.1, 0.15) is 0 Å². The second-order valence-electron chi connectivity index (χ2n) is 5.77. The van der Waals surface area contributed by atoms with E-state index in [-0.39, 0.29) is 36.8 Å². The molecule has 138 valence electrons. The molecule has 3 N–H and O–H groups in total. The first-order valence-electron chi connectivity index (χ1n) is 8.06. The third-order valence-corrected chi connectivity index (χ3v) is 4.05. The zero-order chi connectivity index (χ0) is 15.8. The molecule has 0 radical (unpaired) electrons. The van der Waals surface area contributed by atoms with Crippen LogP contribution in [-0.2, 0) is 9.53 Å². The predicted octanol–water partition coefficient (Wildman–Crippen LogP) is 2.07. The van der Waals surface area contributed by atoms with Crippen molar-refractivity contribution in [3.05, 3.63) is 35.4 Å². The Bertz CT molecular complexity index is 465. The number of morpholine rings is 1. The fourth-order valence-electron chi connectivity index (χ4n) is 2.70. The van der Waals surface area contributed by atoms with Crippen LogP contribution in [-0.4, -0.2) is 50.2 Å². The molecule has 7 heteroatoms. The molecule has 0 bridgehead atoms. The molecular formula is C17H29Cl2N3O2. The number of amides is 1. The maximum atomic E-state index is 11.9. The fraction of sp³-hybridized carbons (Fsp3) is 0.588. The van der Waals surface area contributed by atoms with Crippen LogP contribution in [0.25, 0.3) is 0 Å². The molecule has 5 nitrogen and oxygen atoms in total. The van der Waals surface area contributed by atoms with E-state index < -0.39 is 0 Å². The summed E-state index contributed by atoms with van der Waals surface area (Å²) < 4.78 is 5.44. The maximum Gasteiger partial charge on any atom is 0.220 e. The number of hydrogen-bond acceptors (Lipinski definition) is 4. The minimum absolute atomic E-state index is 0. The summed E-state index contributed by atoms with van der Waals surface area (Å²) in [5.41, 5.74) is 7.94. The van der Waals surface area contributed by atoms with E-state index in [0.29, 0.717) is 19.5 Å². The highest BCUT2D eigenvalue weighted by Gasteiger charge is 2.23. The van der Waals surface area contributed by atoms with Gasteiger partial charge in [-0.1, -0.05) is 29.8 Å². The van der Waals surface area contributed by atoms with E-state index in [0.717, 1.165) is 32.7 Å². The quantitative estimate of drug-likeness (QED) is 0.762. The van der Waals surface area contributed by atoms with Gasteiger partial charge in [0.15, 0.2) is 0 Å². The van der Waals surface area contributed by atoms with Crippen LogP contribution in [0.1, 0.15) is 30.0 Å². The normalized spacial score (nSPS) is 15.8. The molecule has 1 aromatic carbocycles. The first-order chi connectivity index (χ1) is 10.7. The van der Waals surface area contributed by atoms with Gasteiger partial charge < -0.3 is 15.8 Å². The van der Waals surface area contributed by atoms with E-state index in [2.05, 4.69) is 41.4 Å². The number of rotatable bonds is 7. The molecule has 1 aromatic rings. The molecule has 1 heterocycles. The second kappa shape index (κ2) is 12.5. The van der Waals surface area contributed by atoms with Crippen LogP contribution in [0.3, 0.4) is 0 Å². The summed E-state index contributed by atoms with van der Waals surface area (Å²) in [5, 5.41) is 3.05. The van der Waals surface area contributed by atoms with Gasteiger partial charge in [-0.15, -0.1) is 24.8 Å². The van der Waals surface area contributed by atoms with Crippen molar-refractivity contribution in [2.75, 3.05) is 39.4 Å². The largest absolute Gasteiger partial charge is 0.379 e. The molecule has 1 fully saturated rings. The Labute approximate surface area is 157 Å². The van der Waals surface area contributed by atoms with Crippen LogP contribution >= 0.6 is 24.8 Å². The molecule has 1 aliphatic heterocycles. The van der Waals surface area contributed by atoms with E-state index in [4.69, 9.17) is 10.5 Å². The molecule has 0 spiro atoms. The van der Waals surface area contributed by atoms with Crippen molar-refractivity contribution < 1.29 is 9.53 Å². The standard InChI is InChI=1S/C17H27N3O2.2ClH/c1-14-4-6-15(7-5-14)16(20-9-11-22-12-10-20)13-19-17(21)3-2-8-18;;/h4-7,16H,2-3,8-13,18H2,1H3,(H,19,21);2*1H. The summed E-state index contributed by atoms with van der Waals surface area (Å²) in [6, 6.07) is 8.76. The fourth-order valence-corrected chi connectivity index (χ4v) is 2.70. The summed E-state index contributed by atoms with van der Waals surface area (Å²) in [4.78, 5) is 14.3. The summed E-state index contributed by atoms with van der Waals surface area (Å²) in [5.74, 6) is 0.0795. The van der Waals surface area contributed by atoms with Gasteiger partial charge in [-0.25, -0.2) is 0 Å². The number of carbonyl (C=O) groups is 1. The Kier molecular flexibility index (Phi) is 12.1. The number of nitrogens with one attached hydrogen (secondary N) is 1. The smallest absolute Gasteiger partial charge is 0.220 e. The highest BCUT2D eigenvalue weighted by atomic mass is 35.5. The first kappa shape index (κ1) is 23.1. The van der Waals surface area contributed by atoms with Crippen molar-refractivity contribution in [3.63, 3.8) is 0 Å². The van der Waals surface area contributed by atoms with Crippen molar-refractivity contribution in [2.24, 2.45) is 5.73 Å². The lowest BCUT2D eigenvalue weighted by Crippen LogP contribution is -2.43. The summed E-state index contributed by atoms with van der Waals surface area (Å²) in [6.45, 7) is 6.58. The Hall–Kier alpha value is -0.850. The number of benzene rings is 1. The van der Waals surface area contributed by atoms with Gasteiger partial charge in [-0.3, -0.25) is 9.69 Å². The summed E-state index contributed by atoms with van der Waals surface area (Å²) >= 11 is 0. The minimum atomic E-state index is 0. The van der Waals surface area contributed by atoms with Gasteiger partial charge >= 0.3 is 0 Å². The molecule has 0 aliphatic carbocycles. The monoisotopic (exact) mass is 377 g/mol. The van der Waals surface area contributed by atoms with Crippen molar-refractivity contribution in [3.8, 4) is 0 Å². The lowest BCUT2D eigenvalue weighted by atomic mass is 10.0. The van der Waals surface area contributed by atoms with Crippen LogP contribution in [0, 0.1) is 6.92 Å². The van der Waals surface area contributed by atoms with Gasteiger partial charge in [-0.05, 0) is 25.5 Å². The van der Waals surface area contributed by atoms with Crippen LogP contribution in [0.15, 0.2) is 24.3 Å². The van der Waals surface area contributed by atoms with Gasteiger partial charge in [0.25, 0.3) is 0 Å². The number of ether oxygens (including phenoxy) is 1. The molecule has 1 atom stereocenters. The average molecular weight is 378 g/mol. The Balaban J connectivity index is 0.00000264. The number of nitrogens with zero attached hydrogens (tertiary/aromatic N) is 1. The van der Waals surface area contributed by atoms with E-state index in [1.54, 1.807) is 0 Å². The number of halogens is 2. The van der Waals surface area contributed by atoms with Gasteiger partial charge in [0.2, 0.25) is 5.91 Å². The van der Waals surface area contributed by atoms with Crippen LogP contribution in [0.4, 0.5) is 0 Å². The van der Waals surface area contributed by atoms with Crippen LogP contribution < -0.4 is 11.1 Å². The van der Waals surface area contributed by atoms with E-state index in [1.165, 1.54) is 11.1 Å². The predicted molar refractivity (Wildman–Crippen MR) is 102 cm³/mol. The number of carbonyl (C=O) groups excluding carboxylic acids is 1. The molecule has 1 saturated heterocycles. The van der Waals surface area contributed by atoms with Crippen LogP contribution in [0.2, 0.25) is 0 Å². The molecule has 1 aliphatic rings. The number of nitrogens with two attached hydrogens (primary N) is 1. The Morgan fingerprint density at radius 1 is 1.25 bits per heavy atom. The topological polar surface area (TPSA) is 67.6 Å². The van der Waals surface area contributed by atoms with E-state index in [9.17, 15) is 4.79 Å². The molecule has 24 heavy (non-hydrogen) atoms. The summed E-state index contributed by atoms with van der Waals surface area (Å²) in [6.07, 6.45) is 1.23. The third-order valence-electron chi connectivity index (χ3n) is 4.05. The molecule has 0 aromatic heterocycles. The highest BCUT2D eigenvalue weighted by molar-refractivity contribution is 5.85. The van der Waals surface area contributed by atoms with Gasteiger partial charge in [0, 0.05) is 26.1 Å². The highest BCUT2D eigenvalue weighted by Crippen LogP contribution is 2.21. The van der Waals surface area contributed by atoms with Gasteiger partial charge in [-0.2, -0.15) is 0 Å². The van der Waals surface area contributed by atoms with E-state index in [1.807, 2.05) is 0 Å². The van der Waals surface area contributed by atoms with Gasteiger partial charge in [0.05, 0.1) is 19.3 Å². The van der Waals surface area contributed by atoms with Crippen molar-refractivity contribution in [1.82, 2.24) is 10.2 Å². The number of hydrogen-bond donors (Lipinski definition) is 2. The average Bonchev–Trinajstić information content (AvgIpc) is 2.55. The summed E-state index contributed by atoms with van der Waals surface area (Å²) in [7, 11) is 0. The Morgan fingerprint density at radius 2 is 1.88 bits per heavy atom. The molecular weight excluding hydrogens is 349 g/mol. The van der Waals surface area contributed by atoms with Crippen molar-refractivity contribution in [1.29, 1.82) is 0 Å². The first-order valence-corrected chi connectivity index (χ1v) is 8.06. The molecule has 0 saturated carbocycles. The third kappa shape index (κ3) is 7.36. The van der Waals surface area contributed by atoms with Crippen LogP contribution in [0.5, 0.6) is 0 Å². The molecule has 2 rings (SSSR count). The van der Waals surface area contributed by atoms with Crippen molar-refractivity contribution in [2.45, 2.75) is 25.8 Å². The zero-order valence-corrected chi connectivity index (χ0v) is 15.8. The van der Waals surface area contributed by atoms with Crippen molar-refractivity contribution >= 4 is 30.7 Å². The lowest BCUT2D eigenvalue weighted by Gasteiger charge is -2.35. The Morgan fingerprint density at radius 3 is 2.46 bits per heavy atom. The zero-order valence-electron chi connectivity index (χ0n) is 14.2. The lowest BCUT2D eigenvalue weighted by molar-refractivity contribution is -0.121. The molecule has 1 unspecified atom stereocenters. The maximum absolute atomic E-state index is 11.9. The SMILES string of the molecule is Cc1ccc(C(CNC(=O)CCCN)N2CCOCC2)cc1.Cl.Cl. The molecule has 1 amide bonds.